The third-order valence-electron chi connectivity index (χ3n) is 2.74. The molecule has 0 saturated heterocycles. The standard InChI is InChI=1S/C15H16FN3O/c1-4-5-13-15(17-10-16)20-14(18-13)11-6-8-12(9-7-11)19(2)3/h4-9H,1,10H2,2-3H3/b13-5+,17-15+. The maximum atomic E-state index is 12.4. The molecule has 0 N–H and O–H groups in total. The first kappa shape index (κ1) is 14.0. The van der Waals surface area contributed by atoms with Crippen LogP contribution in [0.2, 0.25) is 0 Å². The van der Waals surface area contributed by atoms with Gasteiger partial charge in [0.05, 0.1) is 0 Å². The Kier molecular flexibility index (Phi) is 4.30. The van der Waals surface area contributed by atoms with E-state index in [-0.39, 0.29) is 5.90 Å². The Bertz CT molecular complexity index is 586. The summed E-state index contributed by atoms with van der Waals surface area (Å²) in [5, 5.41) is 0. The van der Waals surface area contributed by atoms with E-state index in [4.69, 9.17) is 4.74 Å². The SMILES string of the molecule is C=C/C=C1/N=C(c2ccc(N(C)C)cc2)O/C1=N/CF. The topological polar surface area (TPSA) is 37.2 Å². The molecule has 1 aromatic rings. The van der Waals surface area contributed by atoms with Crippen LogP contribution in [-0.4, -0.2) is 32.7 Å². The van der Waals surface area contributed by atoms with Crippen LogP contribution < -0.4 is 4.90 Å². The molecule has 1 aliphatic heterocycles. The first-order valence-electron chi connectivity index (χ1n) is 6.13. The molecular formula is C15H16FN3O. The highest BCUT2D eigenvalue weighted by molar-refractivity contribution is 6.13. The van der Waals surface area contributed by atoms with Crippen molar-refractivity contribution >= 4 is 17.5 Å². The van der Waals surface area contributed by atoms with Gasteiger partial charge in [-0.3, -0.25) is 0 Å². The van der Waals surface area contributed by atoms with Gasteiger partial charge in [0.15, 0.2) is 6.80 Å². The number of rotatable bonds is 4. The third-order valence-corrected chi connectivity index (χ3v) is 2.74. The van der Waals surface area contributed by atoms with Gasteiger partial charge in [-0.25, -0.2) is 14.4 Å². The molecule has 0 aromatic heterocycles. The monoisotopic (exact) mass is 273 g/mol. The minimum atomic E-state index is -0.841. The summed E-state index contributed by atoms with van der Waals surface area (Å²) in [5.41, 5.74) is 2.37. The van der Waals surface area contributed by atoms with Gasteiger partial charge in [-0.1, -0.05) is 12.7 Å². The third kappa shape index (κ3) is 2.93. The maximum Gasteiger partial charge on any atom is 0.245 e. The summed E-state index contributed by atoms with van der Waals surface area (Å²) in [6.07, 6.45) is 3.20. The van der Waals surface area contributed by atoms with Gasteiger partial charge in [-0.2, -0.15) is 0 Å². The molecular weight excluding hydrogens is 257 g/mol. The van der Waals surface area contributed by atoms with E-state index in [0.29, 0.717) is 11.6 Å². The fourth-order valence-electron chi connectivity index (χ4n) is 1.74. The maximum absolute atomic E-state index is 12.4. The number of nitrogens with zero attached hydrogens (tertiary/aromatic N) is 3. The summed E-state index contributed by atoms with van der Waals surface area (Å²) in [7, 11) is 3.94. The fraction of sp³-hybridized carbons (Fsp3) is 0.200. The number of halogens is 1. The molecule has 0 radical (unpaired) electrons. The second-order valence-electron chi connectivity index (χ2n) is 4.33. The van der Waals surface area contributed by atoms with Gasteiger partial charge >= 0.3 is 0 Å². The molecule has 0 unspecified atom stereocenters. The van der Waals surface area contributed by atoms with Gasteiger partial charge in [0.2, 0.25) is 11.8 Å². The zero-order valence-corrected chi connectivity index (χ0v) is 11.5. The first-order chi connectivity index (χ1) is 9.65. The number of anilines is 1. The lowest BCUT2D eigenvalue weighted by atomic mass is 10.2. The van der Waals surface area contributed by atoms with Crippen LogP contribution in [0.5, 0.6) is 0 Å². The van der Waals surface area contributed by atoms with Crippen molar-refractivity contribution in [3.63, 3.8) is 0 Å². The van der Waals surface area contributed by atoms with Crippen molar-refractivity contribution in [1.29, 1.82) is 0 Å². The summed E-state index contributed by atoms with van der Waals surface area (Å²) in [5.74, 6) is 0.592. The van der Waals surface area contributed by atoms with E-state index in [1.54, 1.807) is 12.2 Å². The first-order valence-corrected chi connectivity index (χ1v) is 6.13. The number of alkyl halides is 1. The molecule has 4 nitrogen and oxygen atoms in total. The second-order valence-corrected chi connectivity index (χ2v) is 4.33. The van der Waals surface area contributed by atoms with E-state index in [1.807, 2.05) is 43.3 Å². The molecule has 20 heavy (non-hydrogen) atoms. The normalized spacial score (nSPS) is 18.1. The number of hydrogen-bond acceptors (Lipinski definition) is 4. The van der Waals surface area contributed by atoms with Gasteiger partial charge in [0, 0.05) is 25.3 Å². The molecule has 104 valence electrons. The fourth-order valence-corrected chi connectivity index (χ4v) is 1.74. The van der Waals surface area contributed by atoms with E-state index in [9.17, 15) is 4.39 Å². The number of hydrogen-bond donors (Lipinski definition) is 0. The van der Waals surface area contributed by atoms with Gasteiger partial charge in [-0.15, -0.1) is 0 Å². The number of benzene rings is 1. The number of ether oxygens (including phenoxy) is 1. The Morgan fingerprint density at radius 3 is 2.60 bits per heavy atom. The van der Waals surface area contributed by atoms with Crippen LogP contribution in [-0.2, 0) is 4.74 Å². The highest BCUT2D eigenvalue weighted by Crippen LogP contribution is 2.20. The molecule has 1 aromatic carbocycles. The zero-order valence-electron chi connectivity index (χ0n) is 11.5. The van der Waals surface area contributed by atoms with Gasteiger partial charge in [-0.05, 0) is 30.3 Å². The van der Waals surface area contributed by atoms with E-state index >= 15 is 0 Å². The van der Waals surface area contributed by atoms with Crippen LogP contribution in [0.15, 0.2) is 58.7 Å². The Labute approximate surface area is 117 Å². The highest BCUT2D eigenvalue weighted by Gasteiger charge is 2.21. The molecule has 0 amide bonds. The average Bonchev–Trinajstić information content (AvgIpc) is 2.83. The Hall–Kier alpha value is -2.43. The van der Waals surface area contributed by atoms with Crippen LogP contribution in [0.3, 0.4) is 0 Å². The Morgan fingerprint density at radius 2 is 2.05 bits per heavy atom. The summed E-state index contributed by atoms with van der Waals surface area (Å²) in [4.78, 5) is 9.93. The average molecular weight is 273 g/mol. The molecule has 2 rings (SSSR count). The van der Waals surface area contributed by atoms with Gasteiger partial charge < -0.3 is 9.64 Å². The van der Waals surface area contributed by atoms with Gasteiger partial charge in [0.25, 0.3) is 0 Å². The van der Waals surface area contributed by atoms with E-state index in [0.717, 1.165) is 11.3 Å². The minimum absolute atomic E-state index is 0.180. The molecule has 1 heterocycles. The molecule has 1 aliphatic rings. The molecule has 0 bridgehead atoms. The smallest absolute Gasteiger partial charge is 0.245 e. The van der Waals surface area contributed by atoms with E-state index < -0.39 is 6.80 Å². The highest BCUT2D eigenvalue weighted by atomic mass is 19.1. The number of aliphatic imine (C=N–C) groups is 2. The predicted molar refractivity (Wildman–Crippen MR) is 80.1 cm³/mol. The predicted octanol–water partition coefficient (Wildman–Crippen LogP) is 2.92. The molecule has 0 aliphatic carbocycles. The lowest BCUT2D eigenvalue weighted by molar-refractivity contribution is 0.491. The Morgan fingerprint density at radius 1 is 1.35 bits per heavy atom. The van der Waals surface area contributed by atoms with Crippen molar-refractivity contribution in [1.82, 2.24) is 0 Å². The van der Waals surface area contributed by atoms with Crippen molar-refractivity contribution < 1.29 is 9.13 Å². The van der Waals surface area contributed by atoms with E-state index in [2.05, 4.69) is 16.6 Å². The second kappa shape index (κ2) is 6.14. The molecule has 0 spiro atoms. The lowest BCUT2D eigenvalue weighted by Gasteiger charge is -2.12. The largest absolute Gasteiger partial charge is 0.418 e. The quantitative estimate of drug-likeness (QED) is 0.791. The Balaban J connectivity index is 2.29. The van der Waals surface area contributed by atoms with Crippen LogP contribution in [0.1, 0.15) is 5.56 Å². The summed E-state index contributed by atoms with van der Waals surface area (Å²) in [6.45, 7) is 2.75. The van der Waals surface area contributed by atoms with Gasteiger partial charge in [0.1, 0.15) is 5.70 Å². The molecule has 0 saturated carbocycles. The summed E-state index contributed by atoms with van der Waals surface area (Å²) >= 11 is 0. The minimum Gasteiger partial charge on any atom is -0.418 e. The van der Waals surface area contributed by atoms with Crippen molar-refractivity contribution in [2.75, 3.05) is 25.8 Å². The zero-order chi connectivity index (χ0) is 14.5. The summed E-state index contributed by atoms with van der Waals surface area (Å²) in [6, 6.07) is 7.72. The molecule has 0 atom stereocenters. The van der Waals surface area contributed by atoms with E-state index in [1.165, 1.54) is 0 Å². The molecule has 5 heteroatoms. The number of allylic oxidation sites excluding steroid dienone is 2. The van der Waals surface area contributed by atoms with Crippen molar-refractivity contribution in [2.45, 2.75) is 0 Å². The van der Waals surface area contributed by atoms with Crippen molar-refractivity contribution in [3.05, 3.63) is 54.3 Å². The van der Waals surface area contributed by atoms with Crippen molar-refractivity contribution in [3.8, 4) is 0 Å². The van der Waals surface area contributed by atoms with Crippen LogP contribution in [0, 0.1) is 0 Å². The van der Waals surface area contributed by atoms with Crippen LogP contribution in [0.25, 0.3) is 0 Å². The molecule has 0 fully saturated rings. The van der Waals surface area contributed by atoms with Crippen LogP contribution >= 0.6 is 0 Å². The van der Waals surface area contributed by atoms with Crippen LogP contribution in [0.4, 0.5) is 10.1 Å². The summed E-state index contributed by atoms with van der Waals surface area (Å²) < 4.78 is 17.8. The van der Waals surface area contributed by atoms with Crippen molar-refractivity contribution in [2.24, 2.45) is 9.98 Å². The lowest BCUT2D eigenvalue weighted by Crippen LogP contribution is -2.10.